The predicted octanol–water partition coefficient (Wildman–Crippen LogP) is 1.09. The van der Waals surface area contributed by atoms with Crippen molar-refractivity contribution < 1.29 is 4.74 Å². The van der Waals surface area contributed by atoms with Crippen LogP contribution in [-0.4, -0.2) is 32.1 Å². The molecule has 78 valence electrons. The smallest absolute Gasteiger partial charge is 0.118 e. The molecule has 0 aliphatic carbocycles. The van der Waals surface area contributed by atoms with E-state index in [1.807, 2.05) is 12.1 Å². The first-order valence-corrected chi connectivity index (χ1v) is 4.78. The van der Waals surface area contributed by atoms with Gasteiger partial charge in [-0.3, -0.25) is 0 Å². The van der Waals surface area contributed by atoms with E-state index in [1.54, 1.807) is 7.11 Å². The summed E-state index contributed by atoms with van der Waals surface area (Å²) >= 11 is 0. The first-order valence-electron chi connectivity index (χ1n) is 4.78. The van der Waals surface area contributed by atoms with Crippen LogP contribution in [-0.2, 0) is 6.54 Å². The maximum Gasteiger partial charge on any atom is 0.118 e. The fourth-order valence-electron chi connectivity index (χ4n) is 1.34. The number of rotatable bonds is 5. The molecule has 1 aromatic carbocycles. The average molecular weight is 194 g/mol. The molecule has 0 fully saturated rings. The molecule has 0 heterocycles. The maximum atomic E-state index is 5.47. The fraction of sp³-hybridized carbons (Fsp3) is 0.455. The Morgan fingerprint density at radius 2 is 1.93 bits per heavy atom. The van der Waals surface area contributed by atoms with Gasteiger partial charge in [0.2, 0.25) is 0 Å². The first-order chi connectivity index (χ1) is 6.76. The number of nitrogens with two attached hydrogens (primary N) is 1. The van der Waals surface area contributed by atoms with Gasteiger partial charge >= 0.3 is 0 Å². The molecule has 1 aromatic rings. The lowest BCUT2D eigenvalue weighted by Gasteiger charge is -2.15. The fourth-order valence-corrected chi connectivity index (χ4v) is 1.34. The van der Waals surface area contributed by atoms with E-state index in [2.05, 4.69) is 24.1 Å². The molecule has 2 N–H and O–H groups in total. The van der Waals surface area contributed by atoms with Crippen LogP contribution < -0.4 is 10.5 Å². The molecule has 0 saturated heterocycles. The molecule has 0 aromatic heterocycles. The van der Waals surface area contributed by atoms with E-state index in [9.17, 15) is 0 Å². The van der Waals surface area contributed by atoms with Gasteiger partial charge in [-0.1, -0.05) is 12.1 Å². The number of methoxy groups -OCH3 is 1. The van der Waals surface area contributed by atoms with E-state index < -0.39 is 0 Å². The molecule has 0 bridgehead atoms. The van der Waals surface area contributed by atoms with Crippen molar-refractivity contribution in [1.29, 1.82) is 0 Å². The molecule has 0 aliphatic rings. The molecular weight excluding hydrogens is 176 g/mol. The van der Waals surface area contributed by atoms with Gasteiger partial charge in [0, 0.05) is 19.6 Å². The van der Waals surface area contributed by atoms with Crippen molar-refractivity contribution >= 4 is 0 Å². The highest BCUT2D eigenvalue weighted by molar-refractivity contribution is 5.26. The summed E-state index contributed by atoms with van der Waals surface area (Å²) in [5.74, 6) is 0.898. The van der Waals surface area contributed by atoms with Crippen LogP contribution in [0.5, 0.6) is 5.75 Å². The van der Waals surface area contributed by atoms with Gasteiger partial charge in [-0.2, -0.15) is 0 Å². The molecule has 1 rings (SSSR count). The van der Waals surface area contributed by atoms with Crippen LogP contribution in [0.4, 0.5) is 0 Å². The van der Waals surface area contributed by atoms with Crippen LogP contribution in [0, 0.1) is 0 Å². The Morgan fingerprint density at radius 3 is 2.43 bits per heavy atom. The van der Waals surface area contributed by atoms with Gasteiger partial charge in [0.1, 0.15) is 5.75 Å². The van der Waals surface area contributed by atoms with E-state index in [1.165, 1.54) is 5.56 Å². The summed E-state index contributed by atoms with van der Waals surface area (Å²) in [5, 5.41) is 0. The summed E-state index contributed by atoms with van der Waals surface area (Å²) in [5.41, 5.74) is 6.75. The summed E-state index contributed by atoms with van der Waals surface area (Å²) in [6.07, 6.45) is 0. The van der Waals surface area contributed by atoms with Gasteiger partial charge in [-0.25, -0.2) is 0 Å². The predicted molar refractivity (Wildman–Crippen MR) is 58.4 cm³/mol. The molecule has 0 aliphatic heterocycles. The minimum absolute atomic E-state index is 0.701. The van der Waals surface area contributed by atoms with Crippen molar-refractivity contribution in [1.82, 2.24) is 4.90 Å². The van der Waals surface area contributed by atoms with Crippen molar-refractivity contribution in [3.63, 3.8) is 0 Å². The number of hydrogen-bond donors (Lipinski definition) is 1. The summed E-state index contributed by atoms with van der Waals surface area (Å²) < 4.78 is 5.09. The molecule has 0 unspecified atom stereocenters. The maximum absolute atomic E-state index is 5.47. The summed E-state index contributed by atoms with van der Waals surface area (Å²) in [4.78, 5) is 2.20. The SMILES string of the molecule is COc1ccc(CN(C)CCN)cc1. The molecule has 0 spiro atoms. The second-order valence-electron chi connectivity index (χ2n) is 3.37. The van der Waals surface area contributed by atoms with Crippen molar-refractivity contribution in [2.75, 3.05) is 27.2 Å². The van der Waals surface area contributed by atoms with E-state index >= 15 is 0 Å². The zero-order valence-electron chi connectivity index (χ0n) is 8.86. The van der Waals surface area contributed by atoms with E-state index in [-0.39, 0.29) is 0 Å². The van der Waals surface area contributed by atoms with Crippen LogP contribution in [0.15, 0.2) is 24.3 Å². The van der Waals surface area contributed by atoms with Gasteiger partial charge in [0.15, 0.2) is 0 Å². The molecule has 0 amide bonds. The third-order valence-corrected chi connectivity index (χ3v) is 2.12. The standard InChI is InChI=1S/C11H18N2O/c1-13(8-7-12)9-10-3-5-11(14-2)6-4-10/h3-6H,7-9,12H2,1-2H3. The minimum Gasteiger partial charge on any atom is -0.497 e. The van der Waals surface area contributed by atoms with Crippen LogP contribution in [0.25, 0.3) is 0 Å². The van der Waals surface area contributed by atoms with Crippen molar-refractivity contribution in [2.45, 2.75) is 6.54 Å². The average Bonchev–Trinajstić information content (AvgIpc) is 2.19. The van der Waals surface area contributed by atoms with Crippen LogP contribution >= 0.6 is 0 Å². The molecule has 3 heteroatoms. The Bertz CT molecular complexity index is 258. The van der Waals surface area contributed by atoms with Crippen molar-refractivity contribution in [3.8, 4) is 5.75 Å². The van der Waals surface area contributed by atoms with Crippen molar-refractivity contribution in [3.05, 3.63) is 29.8 Å². The first kappa shape index (κ1) is 11.0. The Hall–Kier alpha value is -1.06. The Balaban J connectivity index is 2.50. The molecule has 14 heavy (non-hydrogen) atoms. The number of benzene rings is 1. The number of likely N-dealkylation sites (N-methyl/N-ethyl adjacent to an activating group) is 1. The van der Waals surface area contributed by atoms with Crippen LogP contribution in [0.2, 0.25) is 0 Å². The number of ether oxygens (including phenoxy) is 1. The lowest BCUT2D eigenvalue weighted by molar-refractivity contribution is 0.336. The topological polar surface area (TPSA) is 38.5 Å². The minimum atomic E-state index is 0.701. The third-order valence-electron chi connectivity index (χ3n) is 2.12. The molecule has 3 nitrogen and oxygen atoms in total. The Labute approximate surface area is 85.5 Å². The molecule has 0 atom stereocenters. The Kier molecular flexibility index (Phi) is 4.43. The van der Waals surface area contributed by atoms with Gasteiger partial charge < -0.3 is 15.4 Å². The molecule has 0 saturated carbocycles. The second kappa shape index (κ2) is 5.62. The highest BCUT2D eigenvalue weighted by Gasteiger charge is 1.98. The van der Waals surface area contributed by atoms with Gasteiger partial charge in [0.05, 0.1) is 7.11 Å². The normalized spacial score (nSPS) is 10.6. The summed E-state index contributed by atoms with van der Waals surface area (Å²) in [6, 6.07) is 8.11. The van der Waals surface area contributed by atoms with E-state index in [0.717, 1.165) is 18.8 Å². The van der Waals surface area contributed by atoms with Gasteiger partial charge in [-0.15, -0.1) is 0 Å². The van der Waals surface area contributed by atoms with Gasteiger partial charge in [0.25, 0.3) is 0 Å². The Morgan fingerprint density at radius 1 is 1.29 bits per heavy atom. The summed E-state index contributed by atoms with van der Waals surface area (Å²) in [6.45, 7) is 2.56. The van der Waals surface area contributed by atoms with E-state index in [4.69, 9.17) is 10.5 Å². The third kappa shape index (κ3) is 3.36. The van der Waals surface area contributed by atoms with E-state index in [0.29, 0.717) is 6.54 Å². The number of nitrogens with zero attached hydrogens (tertiary/aromatic N) is 1. The highest BCUT2D eigenvalue weighted by Crippen LogP contribution is 2.12. The highest BCUT2D eigenvalue weighted by atomic mass is 16.5. The molecular formula is C11H18N2O. The second-order valence-corrected chi connectivity index (χ2v) is 3.37. The molecule has 0 radical (unpaired) electrons. The van der Waals surface area contributed by atoms with Crippen LogP contribution in [0.1, 0.15) is 5.56 Å². The quantitative estimate of drug-likeness (QED) is 0.762. The van der Waals surface area contributed by atoms with Gasteiger partial charge in [-0.05, 0) is 24.7 Å². The number of hydrogen-bond acceptors (Lipinski definition) is 3. The van der Waals surface area contributed by atoms with Crippen molar-refractivity contribution in [2.24, 2.45) is 5.73 Å². The zero-order chi connectivity index (χ0) is 10.4. The lowest BCUT2D eigenvalue weighted by Crippen LogP contribution is -2.24. The lowest BCUT2D eigenvalue weighted by atomic mass is 10.2. The van der Waals surface area contributed by atoms with Crippen LogP contribution in [0.3, 0.4) is 0 Å². The largest absolute Gasteiger partial charge is 0.497 e. The zero-order valence-corrected chi connectivity index (χ0v) is 8.86. The monoisotopic (exact) mass is 194 g/mol. The summed E-state index contributed by atoms with van der Waals surface area (Å²) in [7, 11) is 3.74.